The van der Waals surface area contributed by atoms with Crippen LogP contribution < -0.4 is 9.80 Å². The molecule has 65 heavy (non-hydrogen) atoms. The molecule has 0 fully saturated rings. The first-order valence-corrected chi connectivity index (χ1v) is 23.6. The second-order valence-corrected chi connectivity index (χ2v) is 19.5. The number of nitrogens with zero attached hydrogens (tertiary/aromatic N) is 4. The Kier molecular flexibility index (Phi) is 8.45. The van der Waals surface area contributed by atoms with Crippen molar-refractivity contribution in [2.45, 2.75) is 27.7 Å². The van der Waals surface area contributed by atoms with Crippen molar-refractivity contribution in [1.82, 2.24) is 9.97 Å². The summed E-state index contributed by atoms with van der Waals surface area (Å²) in [6.45, 7) is 8.70. The van der Waals surface area contributed by atoms with Crippen LogP contribution in [0.5, 0.6) is 0 Å². The highest BCUT2D eigenvalue weighted by molar-refractivity contribution is 7.25. The van der Waals surface area contributed by atoms with Crippen LogP contribution in [0, 0.1) is 27.7 Å². The Hall–Kier alpha value is -7.58. The van der Waals surface area contributed by atoms with E-state index in [2.05, 4.69) is 193 Å². The van der Waals surface area contributed by atoms with Crippen LogP contribution in [-0.4, -0.2) is 9.97 Å². The molecule has 0 spiro atoms. The highest BCUT2D eigenvalue weighted by atomic mass is 32.1. The molecule has 0 bridgehead atoms. The van der Waals surface area contributed by atoms with Gasteiger partial charge in [0.25, 0.3) is 0 Å². The van der Waals surface area contributed by atoms with Crippen LogP contribution in [-0.2, 0) is 0 Å². The number of benzene rings is 8. The Morgan fingerprint density at radius 1 is 0.369 bits per heavy atom. The highest BCUT2D eigenvalue weighted by Crippen LogP contribution is 2.46. The predicted molar refractivity (Wildman–Crippen MR) is 278 cm³/mol. The third kappa shape index (κ3) is 6.18. The number of aromatic nitrogens is 2. The fourth-order valence-corrected chi connectivity index (χ4v) is 12.4. The fraction of sp³-hybridized carbons (Fsp3) is 0.0690. The van der Waals surface area contributed by atoms with Gasteiger partial charge in [-0.25, -0.2) is 9.97 Å². The SMILES string of the molecule is Cc1cc(C)cc(N(c2ccc3c(ccc4oc5ccc6cc(N(c7cc(C)cc(C)c7)c7ccc8c(c7)sc7ncccc78)ccc6c5c43)c2)c2ccc3c(c2)sc2ncccc23)c1. The molecule has 8 aromatic carbocycles. The maximum atomic E-state index is 6.66. The Bertz CT molecular complexity index is 3800. The molecule has 5 nitrogen and oxygen atoms in total. The lowest BCUT2D eigenvalue weighted by molar-refractivity contribution is 0.669. The average Bonchev–Trinajstić information content (AvgIpc) is 3.99. The molecule has 13 aromatic rings. The largest absolute Gasteiger partial charge is 0.456 e. The topological polar surface area (TPSA) is 45.4 Å². The summed E-state index contributed by atoms with van der Waals surface area (Å²) in [6.07, 6.45) is 3.76. The maximum absolute atomic E-state index is 6.66. The molecule has 0 saturated carbocycles. The molecule has 5 heterocycles. The first kappa shape index (κ1) is 37.9. The van der Waals surface area contributed by atoms with Crippen LogP contribution in [0.1, 0.15) is 22.3 Å². The smallest absolute Gasteiger partial charge is 0.136 e. The monoisotopic (exact) mass is 872 g/mol. The molecular formula is C58H40N4OS2. The minimum absolute atomic E-state index is 0.884. The lowest BCUT2D eigenvalue weighted by Crippen LogP contribution is -2.10. The number of hydrogen-bond acceptors (Lipinski definition) is 7. The predicted octanol–water partition coefficient (Wildman–Crippen LogP) is 17.6. The van der Waals surface area contributed by atoms with Crippen molar-refractivity contribution in [2.75, 3.05) is 9.80 Å². The molecule has 0 unspecified atom stereocenters. The van der Waals surface area contributed by atoms with E-state index in [1.54, 1.807) is 22.7 Å². The molecule has 0 aliphatic heterocycles. The van der Waals surface area contributed by atoms with Crippen molar-refractivity contribution < 1.29 is 4.42 Å². The van der Waals surface area contributed by atoms with Crippen molar-refractivity contribution in [3.8, 4) is 0 Å². The number of fused-ring (bicyclic) bond motifs is 13. The Morgan fingerprint density at radius 3 is 1.20 bits per heavy atom. The van der Waals surface area contributed by atoms with Gasteiger partial charge in [0.15, 0.2) is 0 Å². The number of aryl methyl sites for hydroxylation is 4. The van der Waals surface area contributed by atoms with Crippen molar-refractivity contribution in [2.24, 2.45) is 0 Å². The van der Waals surface area contributed by atoms with E-state index in [-0.39, 0.29) is 0 Å². The normalized spacial score (nSPS) is 12.0. The van der Waals surface area contributed by atoms with Crippen LogP contribution in [0.4, 0.5) is 34.1 Å². The first-order chi connectivity index (χ1) is 31.8. The van der Waals surface area contributed by atoms with Gasteiger partial charge in [-0.2, -0.15) is 0 Å². The molecule has 0 amide bonds. The van der Waals surface area contributed by atoms with Crippen molar-refractivity contribution in [3.05, 3.63) is 192 Å². The number of furan rings is 1. The third-order valence-corrected chi connectivity index (χ3v) is 15.0. The standard InChI is InChI=1S/C58H40N4OS2/c1-33-23-34(2)26-43(25-33)61(41-13-17-47-49-7-5-21-59-57(49)64-53(47)31-41)39-11-15-45-37(29-39)9-19-51-55(45)56-46-16-12-40(30-38(46)10-20-52(56)63-51)62(44-27-35(3)24-36(4)28-44)42-14-18-48-50-8-6-22-60-58(50)65-54(48)32-42/h5-32H,1-4H3. The van der Waals surface area contributed by atoms with E-state index in [0.29, 0.717) is 0 Å². The zero-order valence-electron chi connectivity index (χ0n) is 36.2. The highest BCUT2D eigenvalue weighted by Gasteiger charge is 2.21. The summed E-state index contributed by atoms with van der Waals surface area (Å²) < 4.78 is 9.10. The van der Waals surface area contributed by atoms with Crippen molar-refractivity contribution in [1.29, 1.82) is 0 Å². The molecule has 13 rings (SSSR count). The quantitative estimate of drug-likeness (QED) is 0.167. The summed E-state index contributed by atoms with van der Waals surface area (Å²) in [7, 11) is 0. The zero-order valence-corrected chi connectivity index (χ0v) is 37.8. The van der Waals surface area contributed by atoms with Crippen LogP contribution in [0.25, 0.3) is 84.1 Å². The Labute approximate surface area is 383 Å². The number of rotatable bonds is 6. The number of pyridine rings is 2. The maximum Gasteiger partial charge on any atom is 0.136 e. The van der Waals surface area contributed by atoms with Gasteiger partial charge in [0.2, 0.25) is 0 Å². The fourth-order valence-electron chi connectivity index (χ4n) is 10.2. The van der Waals surface area contributed by atoms with Crippen LogP contribution in [0.2, 0.25) is 0 Å². The van der Waals surface area contributed by atoms with Gasteiger partial charge < -0.3 is 14.2 Å². The summed E-state index contributed by atoms with van der Waals surface area (Å²) >= 11 is 3.49. The van der Waals surface area contributed by atoms with Gasteiger partial charge in [-0.3, -0.25) is 0 Å². The summed E-state index contributed by atoms with van der Waals surface area (Å²) in [5.74, 6) is 0. The van der Waals surface area contributed by atoms with Crippen LogP contribution in [0.15, 0.2) is 175 Å². The minimum Gasteiger partial charge on any atom is -0.456 e. The molecule has 0 saturated heterocycles. The molecule has 0 N–H and O–H groups in total. The van der Waals surface area contributed by atoms with Crippen LogP contribution in [0.3, 0.4) is 0 Å². The molecule has 0 aliphatic carbocycles. The van der Waals surface area contributed by atoms with E-state index in [1.165, 1.54) is 53.2 Å². The summed E-state index contributed by atoms with van der Waals surface area (Å²) in [5.41, 5.74) is 13.4. The number of thiophene rings is 2. The van der Waals surface area contributed by atoms with E-state index < -0.39 is 0 Å². The molecule has 0 aliphatic rings. The lowest BCUT2D eigenvalue weighted by Gasteiger charge is -2.27. The van der Waals surface area contributed by atoms with Gasteiger partial charge >= 0.3 is 0 Å². The second kappa shape index (κ2) is 14.5. The zero-order chi connectivity index (χ0) is 43.5. The Morgan fingerprint density at radius 2 is 0.769 bits per heavy atom. The third-order valence-electron chi connectivity index (χ3n) is 12.8. The van der Waals surface area contributed by atoms with Gasteiger partial charge in [-0.05, 0) is 181 Å². The Balaban J connectivity index is 0.964. The van der Waals surface area contributed by atoms with E-state index in [4.69, 9.17) is 4.42 Å². The van der Waals surface area contributed by atoms with Gasteiger partial charge in [0, 0.05) is 88.2 Å². The molecule has 5 aromatic heterocycles. The summed E-state index contributed by atoms with van der Waals surface area (Å²) in [6, 6.07) is 58.1. The minimum atomic E-state index is 0.884. The van der Waals surface area contributed by atoms with Crippen molar-refractivity contribution in [3.63, 3.8) is 0 Å². The van der Waals surface area contributed by atoms with Gasteiger partial charge in [0.1, 0.15) is 20.8 Å². The molecule has 0 atom stereocenters. The van der Waals surface area contributed by atoms with Gasteiger partial charge in [-0.1, -0.05) is 48.5 Å². The molecular weight excluding hydrogens is 833 g/mol. The first-order valence-electron chi connectivity index (χ1n) is 21.9. The van der Waals surface area contributed by atoms with Gasteiger partial charge in [0.05, 0.1) is 0 Å². The van der Waals surface area contributed by atoms with Crippen LogP contribution >= 0.6 is 22.7 Å². The second-order valence-electron chi connectivity index (χ2n) is 17.4. The summed E-state index contributed by atoms with van der Waals surface area (Å²) in [5, 5.41) is 11.8. The molecule has 7 heteroatoms. The molecule has 310 valence electrons. The number of hydrogen-bond donors (Lipinski definition) is 0. The lowest BCUT2D eigenvalue weighted by atomic mass is 9.98. The number of anilines is 6. The van der Waals surface area contributed by atoms with E-state index >= 15 is 0 Å². The summed E-state index contributed by atoms with van der Waals surface area (Å²) in [4.78, 5) is 16.3. The van der Waals surface area contributed by atoms with Gasteiger partial charge in [-0.15, -0.1) is 22.7 Å². The van der Waals surface area contributed by atoms with Crippen molar-refractivity contribution >= 4 is 141 Å². The average molecular weight is 873 g/mol. The van der Waals surface area contributed by atoms with E-state index in [0.717, 1.165) is 87.3 Å². The molecule has 0 radical (unpaired) electrons. The van der Waals surface area contributed by atoms with E-state index in [1.807, 2.05) is 24.5 Å². The van der Waals surface area contributed by atoms with E-state index in [9.17, 15) is 0 Å².